The lowest BCUT2D eigenvalue weighted by molar-refractivity contribution is -0.117. The monoisotopic (exact) mass is 394 g/mol. The molecular weight excluding hydrogens is 379 g/mol. The minimum atomic E-state index is -4.02. The number of carbonyl (C=O) groups excluding carboxylic acids is 1. The molecule has 3 rings (SSSR count). The van der Waals surface area contributed by atoms with E-state index >= 15 is 0 Å². The molecule has 26 heavy (non-hydrogen) atoms. The molecule has 5 nitrogen and oxygen atoms in total. The highest BCUT2D eigenvalue weighted by molar-refractivity contribution is 7.91. The van der Waals surface area contributed by atoms with E-state index in [1.54, 1.807) is 13.8 Å². The molecule has 0 atom stereocenters. The number of halogens is 2. The zero-order valence-electron chi connectivity index (χ0n) is 14.1. The average Bonchev–Trinajstić information content (AvgIpc) is 2.83. The largest absolute Gasteiger partial charge is 0.369 e. The lowest BCUT2D eigenvalue weighted by Gasteiger charge is -2.09. The van der Waals surface area contributed by atoms with Crippen LogP contribution in [0.5, 0.6) is 0 Å². The Balaban J connectivity index is 2.37. The molecule has 0 bridgehead atoms. The first-order valence-corrected chi connectivity index (χ1v) is 9.57. The molecule has 3 N–H and O–H groups in total. The standard InChI is InChI=1S/C18H16ClFN2O3S/c1-9-3-10(2)5-11(4-9)26(24,25)18-12-6-14(20)13(19)7-15(12)22-16(18)8-17(21)23/h3-7,22H,8H2,1-2H3,(H2,21,23). The van der Waals surface area contributed by atoms with Gasteiger partial charge in [-0.15, -0.1) is 0 Å². The number of nitrogens with two attached hydrogens (primary N) is 1. The van der Waals surface area contributed by atoms with Crippen molar-refractivity contribution in [2.24, 2.45) is 5.73 Å². The van der Waals surface area contributed by atoms with Crippen LogP contribution in [0.15, 0.2) is 40.1 Å². The predicted octanol–water partition coefficient (Wildman–Crippen LogP) is 3.44. The highest BCUT2D eigenvalue weighted by atomic mass is 35.5. The Morgan fingerprint density at radius 1 is 1.15 bits per heavy atom. The van der Waals surface area contributed by atoms with E-state index in [0.29, 0.717) is 5.52 Å². The molecule has 2 aromatic carbocycles. The third-order valence-electron chi connectivity index (χ3n) is 3.99. The normalized spacial score (nSPS) is 11.8. The fourth-order valence-electron chi connectivity index (χ4n) is 3.03. The molecule has 1 aromatic heterocycles. The Bertz CT molecular complexity index is 1130. The van der Waals surface area contributed by atoms with E-state index < -0.39 is 21.6 Å². The Kier molecular flexibility index (Phi) is 4.54. The van der Waals surface area contributed by atoms with Gasteiger partial charge in [0.1, 0.15) is 10.7 Å². The number of primary amides is 1. The van der Waals surface area contributed by atoms with E-state index in [1.165, 1.54) is 18.2 Å². The van der Waals surface area contributed by atoms with Crippen molar-refractivity contribution in [3.63, 3.8) is 0 Å². The van der Waals surface area contributed by atoms with Gasteiger partial charge in [-0.25, -0.2) is 12.8 Å². The maximum atomic E-state index is 14.0. The van der Waals surface area contributed by atoms with E-state index in [0.717, 1.165) is 17.2 Å². The second-order valence-corrected chi connectivity index (χ2v) is 8.51. The van der Waals surface area contributed by atoms with Gasteiger partial charge < -0.3 is 10.7 Å². The summed E-state index contributed by atoms with van der Waals surface area (Å²) in [6.07, 6.45) is -0.326. The topological polar surface area (TPSA) is 93.0 Å². The number of sulfone groups is 1. The first-order chi connectivity index (χ1) is 12.1. The van der Waals surface area contributed by atoms with Crippen LogP contribution in [-0.2, 0) is 21.1 Å². The van der Waals surface area contributed by atoms with Crippen molar-refractivity contribution in [3.8, 4) is 0 Å². The van der Waals surface area contributed by atoms with Gasteiger partial charge in [0.15, 0.2) is 0 Å². The summed E-state index contributed by atoms with van der Waals surface area (Å²) < 4.78 is 40.6. The summed E-state index contributed by atoms with van der Waals surface area (Å²) in [7, 11) is -4.02. The van der Waals surface area contributed by atoms with Gasteiger partial charge >= 0.3 is 0 Å². The van der Waals surface area contributed by atoms with E-state index in [4.69, 9.17) is 17.3 Å². The van der Waals surface area contributed by atoms with E-state index in [9.17, 15) is 17.6 Å². The highest BCUT2D eigenvalue weighted by Crippen LogP contribution is 2.35. The van der Waals surface area contributed by atoms with Gasteiger partial charge in [0.2, 0.25) is 15.7 Å². The van der Waals surface area contributed by atoms with Crippen LogP contribution in [0.4, 0.5) is 4.39 Å². The molecule has 0 aliphatic heterocycles. The minimum Gasteiger partial charge on any atom is -0.369 e. The number of aryl methyl sites for hydroxylation is 2. The van der Waals surface area contributed by atoms with Crippen LogP contribution in [0.25, 0.3) is 10.9 Å². The number of fused-ring (bicyclic) bond motifs is 1. The molecule has 0 saturated carbocycles. The maximum Gasteiger partial charge on any atom is 0.223 e. The summed E-state index contributed by atoms with van der Waals surface area (Å²) in [6.45, 7) is 3.57. The molecule has 1 amide bonds. The Morgan fingerprint density at radius 2 is 1.77 bits per heavy atom. The summed E-state index contributed by atoms with van der Waals surface area (Å²) in [4.78, 5) is 14.2. The molecule has 0 aliphatic rings. The number of carbonyl (C=O) groups is 1. The van der Waals surface area contributed by atoms with Crippen molar-refractivity contribution in [1.82, 2.24) is 4.98 Å². The van der Waals surface area contributed by atoms with Crippen molar-refractivity contribution in [2.75, 3.05) is 0 Å². The number of hydrogen-bond donors (Lipinski definition) is 2. The van der Waals surface area contributed by atoms with Crippen LogP contribution in [0, 0.1) is 19.7 Å². The summed E-state index contributed by atoms with van der Waals surface area (Å²) >= 11 is 5.79. The molecule has 0 fully saturated rings. The van der Waals surface area contributed by atoms with Gasteiger partial charge in [-0.1, -0.05) is 17.7 Å². The second-order valence-electron chi connectivity index (χ2n) is 6.21. The van der Waals surface area contributed by atoms with E-state index in [-0.39, 0.29) is 32.3 Å². The van der Waals surface area contributed by atoms with Crippen molar-refractivity contribution in [3.05, 3.63) is 58.0 Å². The zero-order valence-corrected chi connectivity index (χ0v) is 15.6. The number of nitrogens with one attached hydrogen (secondary N) is 1. The van der Waals surface area contributed by atoms with Crippen molar-refractivity contribution in [1.29, 1.82) is 0 Å². The average molecular weight is 395 g/mol. The Morgan fingerprint density at radius 3 is 2.35 bits per heavy atom. The summed E-state index contributed by atoms with van der Waals surface area (Å²) in [5.41, 5.74) is 7.22. The summed E-state index contributed by atoms with van der Waals surface area (Å²) in [5, 5.41) is -0.0259. The fourth-order valence-corrected chi connectivity index (χ4v) is 5.02. The fraction of sp³-hybridized carbons (Fsp3) is 0.167. The van der Waals surface area contributed by atoms with Crippen LogP contribution >= 0.6 is 11.6 Å². The molecule has 0 radical (unpaired) electrons. The van der Waals surface area contributed by atoms with Gasteiger partial charge in [-0.05, 0) is 49.2 Å². The van der Waals surface area contributed by atoms with Crippen molar-refractivity contribution < 1.29 is 17.6 Å². The molecule has 0 unspecified atom stereocenters. The van der Waals surface area contributed by atoms with E-state index in [1.807, 2.05) is 6.07 Å². The lowest BCUT2D eigenvalue weighted by Crippen LogP contribution is -2.16. The molecule has 1 heterocycles. The number of aromatic amines is 1. The Labute approximate surface area is 154 Å². The summed E-state index contributed by atoms with van der Waals surface area (Å²) in [6, 6.07) is 7.24. The Hall–Kier alpha value is -2.38. The van der Waals surface area contributed by atoms with Crippen LogP contribution in [0.1, 0.15) is 16.8 Å². The SMILES string of the molecule is Cc1cc(C)cc(S(=O)(=O)c2c(CC(N)=O)[nH]c3cc(Cl)c(F)cc23)c1. The lowest BCUT2D eigenvalue weighted by atomic mass is 10.2. The van der Waals surface area contributed by atoms with E-state index in [2.05, 4.69) is 4.98 Å². The smallest absolute Gasteiger partial charge is 0.223 e. The number of amides is 1. The molecule has 0 aliphatic carbocycles. The minimum absolute atomic E-state index is 0.0666. The first-order valence-electron chi connectivity index (χ1n) is 7.71. The third-order valence-corrected chi connectivity index (χ3v) is 6.14. The molecule has 0 spiro atoms. The first kappa shape index (κ1) is 18.4. The highest BCUT2D eigenvalue weighted by Gasteiger charge is 2.28. The molecule has 0 saturated heterocycles. The molecular formula is C18H16ClFN2O3S. The number of hydrogen-bond acceptors (Lipinski definition) is 3. The third kappa shape index (κ3) is 3.20. The van der Waals surface area contributed by atoms with Crippen LogP contribution in [0.2, 0.25) is 5.02 Å². The number of H-pyrrole nitrogens is 1. The summed E-state index contributed by atoms with van der Waals surface area (Å²) in [5.74, 6) is -1.46. The number of rotatable bonds is 4. The van der Waals surface area contributed by atoms with Crippen molar-refractivity contribution in [2.45, 2.75) is 30.1 Å². The van der Waals surface area contributed by atoms with Gasteiger partial charge in [-0.3, -0.25) is 4.79 Å². The molecule has 8 heteroatoms. The molecule has 136 valence electrons. The molecule has 3 aromatic rings. The number of benzene rings is 2. The zero-order chi connectivity index (χ0) is 19.2. The van der Waals surface area contributed by atoms with Gasteiger partial charge in [0.25, 0.3) is 0 Å². The van der Waals surface area contributed by atoms with Crippen LogP contribution < -0.4 is 5.73 Å². The predicted molar refractivity (Wildman–Crippen MR) is 97.5 cm³/mol. The maximum absolute atomic E-state index is 14.0. The van der Waals surface area contributed by atoms with Gasteiger partial charge in [0.05, 0.1) is 16.3 Å². The van der Waals surface area contributed by atoms with Gasteiger partial charge in [-0.2, -0.15) is 0 Å². The quantitative estimate of drug-likeness (QED) is 0.709. The van der Waals surface area contributed by atoms with Crippen LogP contribution in [-0.4, -0.2) is 19.3 Å². The number of aromatic nitrogens is 1. The van der Waals surface area contributed by atoms with Gasteiger partial charge in [0, 0.05) is 16.6 Å². The van der Waals surface area contributed by atoms with Crippen LogP contribution in [0.3, 0.4) is 0 Å². The second kappa shape index (κ2) is 6.41. The van der Waals surface area contributed by atoms with Crippen molar-refractivity contribution >= 4 is 38.2 Å².